The van der Waals surface area contributed by atoms with Crippen molar-refractivity contribution in [1.29, 1.82) is 0 Å². The van der Waals surface area contributed by atoms with Gasteiger partial charge in [-0.3, -0.25) is 20.4 Å². The smallest absolute Gasteiger partial charge is 0.307 e. The van der Waals surface area contributed by atoms with Gasteiger partial charge in [-0.05, 0) is 41.8 Å². The average molecular weight is 362 g/mol. The van der Waals surface area contributed by atoms with E-state index in [-0.39, 0.29) is 13.0 Å². The number of carbonyl (C=O) groups is 2. The van der Waals surface area contributed by atoms with Crippen molar-refractivity contribution >= 4 is 28.9 Å². The highest BCUT2D eigenvalue weighted by molar-refractivity contribution is 7.11. The molecular formula is C17H18N2O5S. The summed E-state index contributed by atoms with van der Waals surface area (Å²) in [5.74, 6) is -0.114. The van der Waals surface area contributed by atoms with Gasteiger partial charge in [0.1, 0.15) is 11.5 Å². The lowest BCUT2D eigenvalue weighted by atomic mass is 10.3. The van der Waals surface area contributed by atoms with E-state index >= 15 is 0 Å². The van der Waals surface area contributed by atoms with E-state index in [0.29, 0.717) is 17.2 Å². The molecule has 1 aromatic heterocycles. The van der Waals surface area contributed by atoms with E-state index in [1.165, 1.54) is 17.4 Å². The molecule has 0 atom stereocenters. The molecule has 0 fully saturated rings. The number of hydrogen-bond acceptors (Lipinski definition) is 6. The number of rotatable bonds is 9. The van der Waals surface area contributed by atoms with Crippen LogP contribution in [0.5, 0.6) is 11.5 Å². The van der Waals surface area contributed by atoms with Crippen LogP contribution in [0, 0.1) is 0 Å². The fraction of sp³-hybridized carbons (Fsp3) is 0.176. The summed E-state index contributed by atoms with van der Waals surface area (Å²) in [5.41, 5.74) is 5.76. The summed E-state index contributed by atoms with van der Waals surface area (Å²) in [4.78, 5) is 23.4. The lowest BCUT2D eigenvalue weighted by Crippen LogP contribution is -2.39. The van der Waals surface area contributed by atoms with Crippen LogP contribution in [-0.4, -0.2) is 30.7 Å². The van der Waals surface area contributed by atoms with Gasteiger partial charge >= 0.3 is 5.97 Å². The van der Waals surface area contributed by atoms with Gasteiger partial charge in [-0.1, -0.05) is 6.07 Å². The molecular weight excluding hydrogens is 344 g/mol. The van der Waals surface area contributed by atoms with E-state index in [1.807, 2.05) is 17.5 Å². The number of thiophene rings is 1. The number of methoxy groups -OCH3 is 1. The molecule has 7 nitrogen and oxygen atoms in total. The Hall–Kier alpha value is -3.00. The van der Waals surface area contributed by atoms with Gasteiger partial charge in [0.2, 0.25) is 0 Å². The Kier molecular flexibility index (Phi) is 6.85. The molecule has 0 spiro atoms. The van der Waals surface area contributed by atoms with Gasteiger partial charge in [-0.15, -0.1) is 11.3 Å². The molecule has 0 bridgehead atoms. The van der Waals surface area contributed by atoms with Crippen LogP contribution in [0.15, 0.2) is 47.9 Å². The third kappa shape index (κ3) is 6.19. The zero-order chi connectivity index (χ0) is 18.1. The predicted octanol–water partition coefficient (Wildman–Crippen LogP) is 2.27. The van der Waals surface area contributed by atoms with Crippen molar-refractivity contribution < 1.29 is 24.2 Å². The fourth-order valence-electron chi connectivity index (χ4n) is 1.83. The highest BCUT2D eigenvalue weighted by atomic mass is 32.1. The van der Waals surface area contributed by atoms with E-state index in [0.717, 1.165) is 4.88 Å². The minimum Gasteiger partial charge on any atom is -0.497 e. The summed E-state index contributed by atoms with van der Waals surface area (Å²) in [6.45, 7) is -0.185. The number of carboxylic acid groups (broad SMARTS) is 1. The Morgan fingerprint density at radius 2 is 1.88 bits per heavy atom. The van der Waals surface area contributed by atoms with Crippen molar-refractivity contribution in [2.24, 2.45) is 0 Å². The Bertz CT molecular complexity index is 726. The Morgan fingerprint density at radius 1 is 1.16 bits per heavy atom. The van der Waals surface area contributed by atoms with Crippen molar-refractivity contribution in [3.63, 3.8) is 0 Å². The SMILES string of the molecule is COc1ccc(OCC(=O)NN/C(=C/CC(=O)O)c2cccs2)cc1. The van der Waals surface area contributed by atoms with Gasteiger partial charge in [-0.25, -0.2) is 0 Å². The molecule has 2 rings (SSSR count). The molecule has 8 heteroatoms. The number of hydrogen-bond donors (Lipinski definition) is 3. The first-order valence-corrected chi connectivity index (χ1v) is 8.24. The number of hydrazine groups is 1. The third-order valence-electron chi connectivity index (χ3n) is 3.03. The van der Waals surface area contributed by atoms with Crippen molar-refractivity contribution in [2.45, 2.75) is 6.42 Å². The first kappa shape index (κ1) is 18.3. The number of carboxylic acids is 1. The summed E-state index contributed by atoms with van der Waals surface area (Å²) in [7, 11) is 1.57. The van der Waals surface area contributed by atoms with Crippen LogP contribution in [0.1, 0.15) is 11.3 Å². The molecule has 25 heavy (non-hydrogen) atoms. The number of nitrogens with one attached hydrogen (secondary N) is 2. The molecule has 0 aliphatic carbocycles. The van der Waals surface area contributed by atoms with Gasteiger partial charge in [0, 0.05) is 0 Å². The van der Waals surface area contributed by atoms with E-state index in [9.17, 15) is 9.59 Å². The maximum absolute atomic E-state index is 11.9. The van der Waals surface area contributed by atoms with E-state index < -0.39 is 11.9 Å². The second kappa shape index (κ2) is 9.33. The lowest BCUT2D eigenvalue weighted by molar-refractivity contribution is -0.136. The molecule has 1 amide bonds. The first-order valence-electron chi connectivity index (χ1n) is 7.36. The largest absolute Gasteiger partial charge is 0.497 e. The second-order valence-corrected chi connectivity index (χ2v) is 5.78. The van der Waals surface area contributed by atoms with Crippen molar-refractivity contribution in [3.05, 3.63) is 52.7 Å². The zero-order valence-corrected chi connectivity index (χ0v) is 14.3. The second-order valence-electron chi connectivity index (χ2n) is 4.83. The summed E-state index contributed by atoms with van der Waals surface area (Å²) < 4.78 is 10.4. The number of amides is 1. The van der Waals surface area contributed by atoms with Crippen LogP contribution < -0.4 is 20.3 Å². The summed E-state index contributed by atoms with van der Waals surface area (Å²) in [5, 5.41) is 10.7. The van der Waals surface area contributed by atoms with Gasteiger partial charge in [-0.2, -0.15) is 0 Å². The molecule has 0 saturated heterocycles. The minimum absolute atomic E-state index is 0.154. The lowest BCUT2D eigenvalue weighted by Gasteiger charge is -2.12. The zero-order valence-electron chi connectivity index (χ0n) is 13.5. The summed E-state index contributed by atoms with van der Waals surface area (Å²) in [6, 6.07) is 10.5. The minimum atomic E-state index is -0.954. The highest BCUT2D eigenvalue weighted by Gasteiger charge is 2.07. The molecule has 0 radical (unpaired) electrons. The number of ether oxygens (including phenoxy) is 2. The maximum Gasteiger partial charge on any atom is 0.307 e. The van der Waals surface area contributed by atoms with Gasteiger partial charge < -0.3 is 14.6 Å². The summed E-state index contributed by atoms with van der Waals surface area (Å²) >= 11 is 1.43. The molecule has 1 heterocycles. The van der Waals surface area contributed by atoms with Crippen molar-refractivity contribution in [1.82, 2.24) is 10.9 Å². The molecule has 0 saturated carbocycles. The molecule has 1 aromatic carbocycles. The highest BCUT2D eigenvalue weighted by Crippen LogP contribution is 2.18. The van der Waals surface area contributed by atoms with Gasteiger partial charge in [0.05, 0.1) is 24.1 Å². The van der Waals surface area contributed by atoms with E-state index in [2.05, 4.69) is 10.9 Å². The van der Waals surface area contributed by atoms with Crippen LogP contribution in [0.3, 0.4) is 0 Å². The Labute approximate surface area is 148 Å². The van der Waals surface area contributed by atoms with E-state index in [1.54, 1.807) is 31.4 Å². The third-order valence-corrected chi connectivity index (χ3v) is 3.94. The normalized spacial score (nSPS) is 10.8. The van der Waals surface area contributed by atoms with Crippen LogP contribution in [0.25, 0.3) is 5.70 Å². The average Bonchev–Trinajstić information content (AvgIpc) is 3.14. The Morgan fingerprint density at radius 3 is 2.48 bits per heavy atom. The standard InChI is InChI=1S/C17H18N2O5S/c1-23-12-4-6-13(7-5-12)24-11-16(20)19-18-14(8-9-17(21)22)15-3-2-10-25-15/h2-8,10,18H,9,11H2,1H3,(H,19,20)(H,21,22)/b14-8+. The van der Waals surface area contributed by atoms with Crippen LogP contribution in [0.2, 0.25) is 0 Å². The summed E-state index contributed by atoms with van der Waals surface area (Å²) in [6.07, 6.45) is 1.34. The first-order chi connectivity index (χ1) is 12.1. The number of aliphatic carboxylic acids is 1. The molecule has 3 N–H and O–H groups in total. The van der Waals surface area contributed by atoms with Crippen molar-refractivity contribution in [3.8, 4) is 11.5 Å². The monoisotopic (exact) mass is 362 g/mol. The Balaban J connectivity index is 1.85. The quantitative estimate of drug-likeness (QED) is 0.592. The molecule has 0 unspecified atom stereocenters. The molecule has 0 aliphatic heterocycles. The van der Waals surface area contributed by atoms with Crippen LogP contribution >= 0.6 is 11.3 Å². The predicted molar refractivity (Wildman–Crippen MR) is 94.3 cm³/mol. The van der Waals surface area contributed by atoms with Crippen LogP contribution in [-0.2, 0) is 9.59 Å². The van der Waals surface area contributed by atoms with Gasteiger partial charge in [0.25, 0.3) is 5.91 Å². The number of benzene rings is 1. The van der Waals surface area contributed by atoms with Crippen molar-refractivity contribution in [2.75, 3.05) is 13.7 Å². The number of carbonyl (C=O) groups excluding carboxylic acids is 1. The van der Waals surface area contributed by atoms with E-state index in [4.69, 9.17) is 14.6 Å². The fourth-order valence-corrected chi connectivity index (χ4v) is 2.55. The molecule has 2 aromatic rings. The molecule has 132 valence electrons. The molecule has 0 aliphatic rings. The maximum atomic E-state index is 11.9. The topological polar surface area (TPSA) is 96.9 Å². The van der Waals surface area contributed by atoms with Gasteiger partial charge in [0.15, 0.2) is 6.61 Å². The van der Waals surface area contributed by atoms with Crippen LogP contribution in [0.4, 0.5) is 0 Å².